The van der Waals surface area contributed by atoms with Gasteiger partial charge in [-0.1, -0.05) is 0 Å². The van der Waals surface area contributed by atoms with Gasteiger partial charge in [0, 0.05) is 18.5 Å². The lowest BCUT2D eigenvalue weighted by Gasteiger charge is -2.27. The van der Waals surface area contributed by atoms with Crippen LogP contribution in [-0.2, 0) is 14.3 Å². The number of hydrogen-bond donors (Lipinski definition) is 2. The van der Waals surface area contributed by atoms with Gasteiger partial charge in [-0.15, -0.1) is 0 Å². The van der Waals surface area contributed by atoms with Crippen LogP contribution in [-0.4, -0.2) is 38.9 Å². The van der Waals surface area contributed by atoms with Crippen LogP contribution in [0, 0.1) is 0 Å². The Morgan fingerprint density at radius 3 is 2.53 bits per heavy atom. The van der Waals surface area contributed by atoms with Crippen molar-refractivity contribution in [2.45, 2.75) is 6.04 Å². The highest BCUT2D eigenvalue weighted by Crippen LogP contribution is 2.16. The maximum Gasteiger partial charge on any atom is 0.250 e. The summed E-state index contributed by atoms with van der Waals surface area (Å²) in [4.78, 5) is 11.3. The molecular formula is C12H16N2O3. The first kappa shape index (κ1) is 11.9. The normalized spacial score (nSPS) is 15.1. The van der Waals surface area contributed by atoms with Gasteiger partial charge in [-0.3, -0.25) is 4.79 Å². The molecule has 0 unspecified atom stereocenters. The zero-order chi connectivity index (χ0) is 12.1. The van der Waals surface area contributed by atoms with E-state index in [1.54, 1.807) is 0 Å². The molecule has 1 aliphatic heterocycles. The first-order valence-electron chi connectivity index (χ1n) is 5.51. The predicted molar refractivity (Wildman–Crippen MR) is 65.2 cm³/mol. The van der Waals surface area contributed by atoms with Crippen molar-refractivity contribution in [3.63, 3.8) is 0 Å². The largest absolute Gasteiger partial charge is 0.378 e. The molecule has 0 aliphatic carbocycles. The van der Waals surface area contributed by atoms with Crippen molar-refractivity contribution in [2.24, 2.45) is 0 Å². The van der Waals surface area contributed by atoms with E-state index in [1.165, 1.54) is 7.11 Å². The Morgan fingerprint density at radius 1 is 1.35 bits per heavy atom. The van der Waals surface area contributed by atoms with Crippen LogP contribution >= 0.6 is 0 Å². The molecule has 0 atom stereocenters. The van der Waals surface area contributed by atoms with E-state index in [4.69, 9.17) is 9.47 Å². The van der Waals surface area contributed by atoms with Gasteiger partial charge in [0.25, 0.3) is 0 Å². The summed E-state index contributed by atoms with van der Waals surface area (Å²) in [5.74, 6) is -0.152. The van der Waals surface area contributed by atoms with Crippen LogP contribution in [0.5, 0.6) is 0 Å². The summed E-state index contributed by atoms with van der Waals surface area (Å²) in [6, 6.07) is 7.98. The van der Waals surface area contributed by atoms with Crippen molar-refractivity contribution < 1.29 is 14.3 Å². The summed E-state index contributed by atoms with van der Waals surface area (Å²) < 4.78 is 9.81. The quantitative estimate of drug-likeness (QED) is 0.803. The van der Waals surface area contributed by atoms with Gasteiger partial charge in [-0.05, 0) is 24.3 Å². The standard InChI is InChI=1S/C12H16N2O3/c1-16-8-12(15)14-10-4-2-9(3-5-10)13-11-6-17-7-11/h2-5,11,13H,6-8H2,1H3,(H,14,15). The SMILES string of the molecule is COCC(=O)Nc1ccc(NC2COC2)cc1. The molecule has 0 bridgehead atoms. The Morgan fingerprint density at radius 2 is 2.00 bits per heavy atom. The highest BCUT2D eigenvalue weighted by molar-refractivity contribution is 5.91. The Hall–Kier alpha value is -1.59. The van der Waals surface area contributed by atoms with Crippen molar-refractivity contribution in [1.82, 2.24) is 0 Å². The van der Waals surface area contributed by atoms with E-state index in [2.05, 4.69) is 10.6 Å². The molecule has 1 saturated heterocycles. The third kappa shape index (κ3) is 3.44. The van der Waals surface area contributed by atoms with Gasteiger partial charge in [0.15, 0.2) is 0 Å². The smallest absolute Gasteiger partial charge is 0.250 e. The summed E-state index contributed by atoms with van der Waals surface area (Å²) in [6.45, 7) is 1.58. The van der Waals surface area contributed by atoms with Crippen LogP contribution in [0.2, 0.25) is 0 Å². The van der Waals surface area contributed by atoms with Gasteiger partial charge in [-0.25, -0.2) is 0 Å². The van der Waals surface area contributed by atoms with Gasteiger partial charge >= 0.3 is 0 Å². The van der Waals surface area contributed by atoms with E-state index in [-0.39, 0.29) is 12.5 Å². The van der Waals surface area contributed by atoms with Crippen LogP contribution in [0.4, 0.5) is 11.4 Å². The number of anilines is 2. The highest BCUT2D eigenvalue weighted by atomic mass is 16.5. The van der Waals surface area contributed by atoms with Crippen LogP contribution in [0.3, 0.4) is 0 Å². The second-order valence-corrected chi connectivity index (χ2v) is 3.94. The third-order valence-corrected chi connectivity index (χ3v) is 2.45. The Kier molecular flexibility index (Phi) is 3.95. The van der Waals surface area contributed by atoms with E-state index in [1.807, 2.05) is 24.3 Å². The lowest BCUT2D eigenvalue weighted by molar-refractivity contribution is -0.119. The number of nitrogens with one attached hydrogen (secondary N) is 2. The van der Waals surface area contributed by atoms with E-state index < -0.39 is 0 Å². The Labute approximate surface area is 100 Å². The molecule has 17 heavy (non-hydrogen) atoms. The van der Waals surface area contributed by atoms with Crippen molar-refractivity contribution >= 4 is 17.3 Å². The fourth-order valence-electron chi connectivity index (χ4n) is 1.53. The number of benzene rings is 1. The summed E-state index contributed by atoms with van der Waals surface area (Å²) in [5.41, 5.74) is 1.80. The fraction of sp³-hybridized carbons (Fsp3) is 0.417. The third-order valence-electron chi connectivity index (χ3n) is 2.45. The molecule has 2 rings (SSSR count). The number of rotatable bonds is 5. The molecule has 0 saturated carbocycles. The van der Waals surface area contributed by atoms with Crippen molar-refractivity contribution in [1.29, 1.82) is 0 Å². The average Bonchev–Trinajstić information content (AvgIpc) is 2.26. The fourth-order valence-corrected chi connectivity index (χ4v) is 1.53. The molecule has 1 aliphatic rings. The highest BCUT2D eigenvalue weighted by Gasteiger charge is 2.17. The lowest BCUT2D eigenvalue weighted by Crippen LogP contribution is -2.40. The number of carbonyl (C=O) groups is 1. The van der Waals surface area contributed by atoms with E-state index in [0.717, 1.165) is 24.6 Å². The summed E-state index contributed by atoms with van der Waals surface area (Å²) >= 11 is 0. The van der Waals surface area contributed by atoms with Gasteiger partial charge in [0.2, 0.25) is 5.91 Å². The zero-order valence-electron chi connectivity index (χ0n) is 9.73. The molecule has 1 amide bonds. The van der Waals surface area contributed by atoms with Crippen LogP contribution in [0.15, 0.2) is 24.3 Å². The van der Waals surface area contributed by atoms with E-state index in [9.17, 15) is 4.79 Å². The molecule has 1 fully saturated rings. The number of methoxy groups -OCH3 is 1. The zero-order valence-corrected chi connectivity index (χ0v) is 9.73. The lowest BCUT2D eigenvalue weighted by atomic mass is 10.2. The van der Waals surface area contributed by atoms with Crippen molar-refractivity contribution in [3.8, 4) is 0 Å². The molecule has 0 aromatic heterocycles. The Bertz CT molecular complexity index is 374. The maximum absolute atomic E-state index is 11.3. The molecule has 5 nitrogen and oxygen atoms in total. The molecule has 2 N–H and O–H groups in total. The average molecular weight is 236 g/mol. The first-order chi connectivity index (χ1) is 8.28. The van der Waals surface area contributed by atoms with E-state index >= 15 is 0 Å². The van der Waals surface area contributed by atoms with E-state index in [0.29, 0.717) is 6.04 Å². The minimum Gasteiger partial charge on any atom is -0.378 e. The minimum absolute atomic E-state index is 0.0689. The number of hydrogen-bond acceptors (Lipinski definition) is 4. The van der Waals surface area contributed by atoms with Crippen LogP contribution in [0.1, 0.15) is 0 Å². The maximum atomic E-state index is 11.3. The molecule has 92 valence electrons. The van der Waals surface area contributed by atoms with Gasteiger partial charge in [0.05, 0.1) is 19.3 Å². The van der Waals surface area contributed by atoms with Crippen LogP contribution in [0.25, 0.3) is 0 Å². The Balaban J connectivity index is 1.86. The van der Waals surface area contributed by atoms with Gasteiger partial charge in [-0.2, -0.15) is 0 Å². The number of amides is 1. The summed E-state index contributed by atoms with van der Waals surface area (Å²) in [6.07, 6.45) is 0. The monoisotopic (exact) mass is 236 g/mol. The van der Waals surface area contributed by atoms with Crippen molar-refractivity contribution in [2.75, 3.05) is 37.6 Å². The summed E-state index contributed by atoms with van der Waals surface area (Å²) in [7, 11) is 1.49. The van der Waals surface area contributed by atoms with Crippen LogP contribution < -0.4 is 10.6 Å². The molecule has 0 spiro atoms. The topological polar surface area (TPSA) is 59.6 Å². The van der Waals surface area contributed by atoms with Gasteiger partial charge in [0.1, 0.15) is 6.61 Å². The molecular weight excluding hydrogens is 220 g/mol. The first-order valence-corrected chi connectivity index (χ1v) is 5.51. The molecule has 0 radical (unpaired) electrons. The molecule has 5 heteroatoms. The number of carbonyl (C=O) groups excluding carboxylic acids is 1. The van der Waals surface area contributed by atoms with Crippen molar-refractivity contribution in [3.05, 3.63) is 24.3 Å². The second kappa shape index (κ2) is 5.65. The second-order valence-electron chi connectivity index (χ2n) is 3.94. The predicted octanol–water partition coefficient (Wildman–Crippen LogP) is 1.08. The van der Waals surface area contributed by atoms with Gasteiger partial charge < -0.3 is 20.1 Å². The molecule has 1 heterocycles. The molecule has 1 aromatic rings. The molecule has 1 aromatic carbocycles. The minimum atomic E-state index is -0.152. The summed E-state index contributed by atoms with van der Waals surface area (Å²) in [5, 5.41) is 6.06. The number of ether oxygens (including phenoxy) is 2.